The van der Waals surface area contributed by atoms with Gasteiger partial charge in [-0.1, -0.05) is 72.2 Å². The Morgan fingerprint density at radius 3 is 2.50 bits per heavy atom. The highest BCUT2D eigenvalue weighted by molar-refractivity contribution is 7.99. The summed E-state index contributed by atoms with van der Waals surface area (Å²) in [4.78, 5) is 17.1. The number of thioether (sulfide) groups is 1. The Labute approximate surface area is 299 Å². The summed E-state index contributed by atoms with van der Waals surface area (Å²) in [6.07, 6.45) is 2.22. The Bertz CT molecular complexity index is 1940. The number of rotatable bonds is 9. The quantitative estimate of drug-likeness (QED) is 0.0558. The average molecular weight is 719 g/mol. The van der Waals surface area contributed by atoms with Gasteiger partial charge in [0.1, 0.15) is 36.7 Å². The van der Waals surface area contributed by atoms with Crippen molar-refractivity contribution in [2.45, 2.75) is 95.6 Å². The molecule has 266 valence electrons. The van der Waals surface area contributed by atoms with Gasteiger partial charge >= 0.3 is 0 Å². The Balaban J connectivity index is 1.68. The molecule has 7 nitrogen and oxygen atoms in total. The van der Waals surface area contributed by atoms with E-state index >= 15 is 8.78 Å². The second-order valence-corrected chi connectivity index (χ2v) is 21.0. The predicted octanol–water partition coefficient (Wildman–Crippen LogP) is 9.33. The van der Waals surface area contributed by atoms with Gasteiger partial charge in [0, 0.05) is 31.2 Å². The zero-order valence-electron chi connectivity index (χ0n) is 30.5. The van der Waals surface area contributed by atoms with Gasteiger partial charge in [-0.2, -0.15) is 0 Å². The lowest BCUT2D eigenvalue weighted by atomic mass is 9.95. The number of halogens is 2. The number of nitrogens with zero attached hydrogens (tertiary/aromatic N) is 4. The number of hydrogen-bond donors (Lipinski definition) is 0. The number of methoxy groups -OCH3 is 1. The minimum atomic E-state index is -2.24. The monoisotopic (exact) mass is 718 g/mol. The summed E-state index contributed by atoms with van der Waals surface area (Å²) in [7, 11) is -0.695. The van der Waals surface area contributed by atoms with Crippen LogP contribution in [0.15, 0.2) is 29.4 Å². The van der Waals surface area contributed by atoms with Crippen molar-refractivity contribution in [3.63, 3.8) is 0 Å². The second kappa shape index (κ2) is 15.1. The Kier molecular flexibility index (Phi) is 11.0. The lowest BCUT2D eigenvalue weighted by molar-refractivity contribution is 0.0512. The molecule has 1 atom stereocenters. The van der Waals surface area contributed by atoms with Gasteiger partial charge in [-0.3, -0.25) is 0 Å². The van der Waals surface area contributed by atoms with Crippen LogP contribution in [0.5, 0.6) is 5.75 Å². The van der Waals surface area contributed by atoms with Crippen LogP contribution in [-0.4, -0.2) is 68.5 Å². The van der Waals surface area contributed by atoms with Gasteiger partial charge < -0.3 is 19.1 Å². The van der Waals surface area contributed by atoms with Gasteiger partial charge in [0.15, 0.2) is 17.8 Å². The molecule has 0 saturated carbocycles. The number of fused-ring (bicyclic) bond motifs is 3. The van der Waals surface area contributed by atoms with Gasteiger partial charge in [-0.05, 0) is 65.2 Å². The molecular formula is C39H48F2N4O3SSi. The van der Waals surface area contributed by atoms with Crippen LogP contribution in [0.25, 0.3) is 32.9 Å². The minimum Gasteiger partial charge on any atom is -0.468 e. The van der Waals surface area contributed by atoms with Crippen molar-refractivity contribution in [1.82, 2.24) is 15.0 Å². The van der Waals surface area contributed by atoms with Crippen molar-refractivity contribution in [3.05, 3.63) is 47.2 Å². The molecule has 50 heavy (non-hydrogen) atoms. The van der Waals surface area contributed by atoms with E-state index in [9.17, 15) is 0 Å². The van der Waals surface area contributed by atoms with Gasteiger partial charge in [0.25, 0.3) is 0 Å². The van der Waals surface area contributed by atoms with Crippen molar-refractivity contribution in [2.75, 3.05) is 44.3 Å². The average Bonchev–Trinajstić information content (AvgIpc) is 3.40. The van der Waals surface area contributed by atoms with E-state index in [1.54, 1.807) is 19.2 Å². The molecule has 1 saturated heterocycles. The summed E-state index contributed by atoms with van der Waals surface area (Å²) < 4.78 is 50.6. The van der Waals surface area contributed by atoms with Crippen LogP contribution in [0.3, 0.4) is 0 Å². The largest absolute Gasteiger partial charge is 0.468 e. The Hall–Kier alpha value is -3.30. The van der Waals surface area contributed by atoms with Crippen molar-refractivity contribution in [3.8, 4) is 28.5 Å². The summed E-state index contributed by atoms with van der Waals surface area (Å²) in [6, 6.07) is 6.78. The van der Waals surface area contributed by atoms with Crippen molar-refractivity contribution < 1.29 is 23.0 Å². The van der Waals surface area contributed by atoms with E-state index in [0.717, 1.165) is 30.8 Å². The molecule has 2 aliphatic heterocycles. The highest BCUT2D eigenvalue weighted by Crippen LogP contribution is 2.44. The Morgan fingerprint density at radius 2 is 1.80 bits per heavy atom. The standard InChI is InChI=1S/C39H48F2N4O3SSi/c1-9-49-39-43-37-34-32(14-12-27-21-47-17-10-16-45(27)38(34)44-39)42-36(35(37)41)30-20-28(48-22-46-8)19-26-11-13-31(40)29(33(26)30)15-18-50(23(2)3,24(4)5)25(6)7/h11,13,19-20,23-25,27H,9-10,12,14,16-17,21-22H2,1-8H3/t27-/m0/s1. The Morgan fingerprint density at radius 1 is 1.04 bits per heavy atom. The van der Waals surface area contributed by atoms with Crippen LogP contribution < -0.4 is 9.64 Å². The number of aromatic nitrogens is 3. The normalized spacial score (nSPS) is 16.5. The van der Waals surface area contributed by atoms with Crippen molar-refractivity contribution >= 4 is 47.3 Å². The number of hydrogen-bond acceptors (Lipinski definition) is 8. The molecule has 4 heterocycles. The molecule has 2 aliphatic rings. The van der Waals surface area contributed by atoms with Crippen LogP contribution >= 0.6 is 11.8 Å². The van der Waals surface area contributed by atoms with Crippen molar-refractivity contribution in [1.29, 1.82) is 0 Å². The van der Waals surface area contributed by atoms with Crippen LogP contribution in [0.1, 0.15) is 72.6 Å². The molecule has 6 rings (SSSR count). The molecule has 2 aromatic carbocycles. The molecule has 0 unspecified atom stereocenters. The first-order valence-electron chi connectivity index (χ1n) is 17.8. The lowest BCUT2D eigenvalue weighted by Gasteiger charge is -2.38. The molecule has 0 amide bonds. The lowest BCUT2D eigenvalue weighted by Crippen LogP contribution is -2.43. The summed E-state index contributed by atoms with van der Waals surface area (Å²) in [5.74, 6) is 4.25. The molecule has 0 N–H and O–H groups in total. The summed E-state index contributed by atoms with van der Waals surface area (Å²) in [5, 5.41) is 2.33. The molecule has 4 aromatic rings. The summed E-state index contributed by atoms with van der Waals surface area (Å²) in [5.41, 5.74) is 6.47. The van der Waals surface area contributed by atoms with Crippen LogP contribution in [0.2, 0.25) is 16.6 Å². The van der Waals surface area contributed by atoms with E-state index < -0.39 is 19.7 Å². The maximum absolute atomic E-state index is 17.4. The molecular weight excluding hydrogens is 671 g/mol. The number of benzene rings is 2. The molecule has 1 fully saturated rings. The zero-order valence-corrected chi connectivity index (χ0v) is 32.3. The molecule has 0 bridgehead atoms. The van der Waals surface area contributed by atoms with Gasteiger partial charge in [-0.15, -0.1) is 5.54 Å². The number of pyridine rings is 1. The first-order valence-corrected chi connectivity index (χ1v) is 21.0. The van der Waals surface area contributed by atoms with E-state index in [0.29, 0.717) is 74.7 Å². The highest BCUT2D eigenvalue weighted by atomic mass is 32.2. The number of anilines is 1. The summed E-state index contributed by atoms with van der Waals surface area (Å²) >= 11 is 1.48. The predicted molar refractivity (Wildman–Crippen MR) is 202 cm³/mol. The summed E-state index contributed by atoms with van der Waals surface area (Å²) in [6.45, 7) is 17.4. The van der Waals surface area contributed by atoms with E-state index in [4.69, 9.17) is 29.2 Å². The first-order chi connectivity index (χ1) is 24.0. The third kappa shape index (κ3) is 6.60. The highest BCUT2D eigenvalue weighted by Gasteiger charge is 2.42. The minimum absolute atomic E-state index is 0.00352. The topological polar surface area (TPSA) is 69.6 Å². The maximum atomic E-state index is 17.4. The van der Waals surface area contributed by atoms with E-state index in [1.807, 2.05) is 13.0 Å². The molecule has 0 aliphatic carbocycles. The fraction of sp³-hybridized carbons (Fsp3) is 0.513. The molecule has 0 spiro atoms. The van der Waals surface area contributed by atoms with E-state index in [1.165, 1.54) is 17.8 Å². The fourth-order valence-corrected chi connectivity index (χ4v) is 13.9. The van der Waals surface area contributed by atoms with E-state index in [-0.39, 0.29) is 29.6 Å². The van der Waals surface area contributed by atoms with Gasteiger partial charge in [-0.25, -0.2) is 23.7 Å². The molecule has 0 radical (unpaired) electrons. The first kappa shape index (κ1) is 36.5. The third-order valence-corrected chi connectivity index (χ3v) is 17.4. The fourth-order valence-electron chi connectivity index (χ4n) is 8.15. The molecule has 2 aromatic heterocycles. The van der Waals surface area contributed by atoms with Crippen LogP contribution in [0.4, 0.5) is 14.6 Å². The SMILES string of the molecule is CCSc1nc2c3c(nc(-c4cc(OCOC)cc5ccc(F)c(C#C[Si](C(C)C)(C(C)C)C(C)C)c45)c(F)c3n1)CC[C@H]1COCCCN21. The van der Waals surface area contributed by atoms with Gasteiger partial charge in [0.2, 0.25) is 0 Å². The maximum Gasteiger partial charge on any atom is 0.190 e. The second-order valence-electron chi connectivity index (χ2n) is 14.2. The molecule has 11 heteroatoms. The van der Waals surface area contributed by atoms with Crippen LogP contribution in [-0.2, 0) is 15.9 Å². The smallest absolute Gasteiger partial charge is 0.190 e. The zero-order chi connectivity index (χ0) is 35.7. The third-order valence-electron chi connectivity index (χ3n) is 10.4. The van der Waals surface area contributed by atoms with Crippen LogP contribution in [0, 0.1) is 23.1 Å². The number of aryl methyl sites for hydroxylation is 1. The van der Waals surface area contributed by atoms with Gasteiger partial charge in [0.05, 0.1) is 29.3 Å². The number of ether oxygens (including phenoxy) is 3. The van der Waals surface area contributed by atoms with Crippen molar-refractivity contribution in [2.24, 2.45) is 0 Å². The van der Waals surface area contributed by atoms with E-state index in [2.05, 4.69) is 57.9 Å².